The summed E-state index contributed by atoms with van der Waals surface area (Å²) in [5.41, 5.74) is 0. The van der Waals surface area contributed by atoms with Crippen molar-refractivity contribution in [2.45, 2.75) is 64.4 Å². The Kier molecular flexibility index (Phi) is 30.3. The second-order valence-electron chi connectivity index (χ2n) is 8.04. The average Bonchev–Trinajstić information content (AvgIpc) is 2.84. The molecule has 9 nitrogen and oxygen atoms in total. The summed E-state index contributed by atoms with van der Waals surface area (Å²) in [7, 11) is 0. The van der Waals surface area contributed by atoms with E-state index in [2.05, 4.69) is 6.92 Å². The van der Waals surface area contributed by atoms with Gasteiger partial charge in [0.05, 0.1) is 105 Å². The molecule has 0 aliphatic heterocycles. The summed E-state index contributed by atoms with van der Waals surface area (Å²) in [6, 6.07) is 0. The van der Waals surface area contributed by atoms with Crippen molar-refractivity contribution in [3.05, 3.63) is 0 Å². The highest BCUT2D eigenvalue weighted by Gasteiger charge is 2.04. The van der Waals surface area contributed by atoms with Crippen LogP contribution in [0.25, 0.3) is 0 Å². The average molecular weight is 497 g/mol. The maximum Gasteiger partial charge on any atom is 0.0773 e. The highest BCUT2D eigenvalue weighted by atomic mass is 16.6. The van der Waals surface area contributed by atoms with E-state index >= 15 is 0 Å². The minimum atomic E-state index is -0.374. The van der Waals surface area contributed by atoms with Gasteiger partial charge in [-0.1, -0.05) is 51.9 Å². The number of rotatable bonds is 30. The van der Waals surface area contributed by atoms with E-state index in [1.807, 2.05) is 0 Å². The van der Waals surface area contributed by atoms with Crippen LogP contribution in [0.5, 0.6) is 0 Å². The number of aliphatic hydroxyl groups is 2. The van der Waals surface area contributed by atoms with Gasteiger partial charge < -0.3 is 43.4 Å². The minimum Gasteiger partial charge on any atom is -0.394 e. The normalized spacial score (nSPS) is 12.4. The van der Waals surface area contributed by atoms with Crippen LogP contribution in [0.3, 0.4) is 0 Å². The molecule has 0 aromatic carbocycles. The lowest BCUT2D eigenvalue weighted by Gasteiger charge is -2.11. The van der Waals surface area contributed by atoms with E-state index in [4.69, 9.17) is 38.3 Å². The van der Waals surface area contributed by atoms with Gasteiger partial charge in [-0.2, -0.15) is 0 Å². The molecule has 0 spiro atoms. The van der Waals surface area contributed by atoms with E-state index in [9.17, 15) is 5.11 Å². The highest BCUT2D eigenvalue weighted by Crippen LogP contribution is 2.09. The van der Waals surface area contributed by atoms with Gasteiger partial charge in [0.1, 0.15) is 0 Å². The molecule has 0 heterocycles. The Labute approximate surface area is 207 Å². The standard InChI is InChI=1S/C25H52O9/c1-2-3-4-5-6-7-8-9-25(27)24-34-23-22-33-21-20-32-19-18-31-17-16-30-15-14-29-13-12-28-11-10-26/h25-27H,2-24H2,1H3. The quantitative estimate of drug-likeness (QED) is 0.145. The van der Waals surface area contributed by atoms with E-state index in [-0.39, 0.29) is 12.7 Å². The summed E-state index contributed by atoms with van der Waals surface area (Å²) in [4.78, 5) is 0. The molecule has 0 bridgehead atoms. The Balaban J connectivity index is 3.09. The smallest absolute Gasteiger partial charge is 0.0773 e. The van der Waals surface area contributed by atoms with Crippen LogP contribution in [-0.4, -0.2) is 115 Å². The molecule has 0 radical (unpaired) electrons. The van der Waals surface area contributed by atoms with Crippen LogP contribution < -0.4 is 0 Å². The van der Waals surface area contributed by atoms with E-state index in [1.165, 1.54) is 38.5 Å². The Morgan fingerprint density at radius 2 is 0.824 bits per heavy atom. The summed E-state index contributed by atoms with van der Waals surface area (Å²) >= 11 is 0. The lowest BCUT2D eigenvalue weighted by Crippen LogP contribution is -2.18. The van der Waals surface area contributed by atoms with Crippen LogP contribution >= 0.6 is 0 Å². The predicted octanol–water partition coefficient (Wildman–Crippen LogP) is 2.60. The number of hydrogen-bond acceptors (Lipinski definition) is 9. The summed E-state index contributed by atoms with van der Waals surface area (Å²) in [5.74, 6) is 0. The van der Waals surface area contributed by atoms with Gasteiger partial charge in [0.25, 0.3) is 0 Å². The van der Waals surface area contributed by atoms with Gasteiger partial charge in [0, 0.05) is 0 Å². The molecule has 0 rings (SSSR count). The van der Waals surface area contributed by atoms with Crippen molar-refractivity contribution in [1.82, 2.24) is 0 Å². The molecule has 34 heavy (non-hydrogen) atoms. The Morgan fingerprint density at radius 1 is 0.471 bits per heavy atom. The summed E-state index contributed by atoms with van der Waals surface area (Å²) in [6.07, 6.45) is 9.23. The molecule has 2 N–H and O–H groups in total. The van der Waals surface area contributed by atoms with Gasteiger partial charge in [0.2, 0.25) is 0 Å². The largest absolute Gasteiger partial charge is 0.394 e. The third-order valence-corrected chi connectivity index (χ3v) is 4.92. The van der Waals surface area contributed by atoms with Gasteiger partial charge in [-0.25, -0.2) is 0 Å². The zero-order valence-corrected chi connectivity index (χ0v) is 21.6. The van der Waals surface area contributed by atoms with Crippen LogP contribution in [0.1, 0.15) is 58.3 Å². The van der Waals surface area contributed by atoms with Crippen molar-refractivity contribution < 1.29 is 43.4 Å². The fourth-order valence-corrected chi connectivity index (χ4v) is 3.02. The zero-order valence-electron chi connectivity index (χ0n) is 21.6. The lowest BCUT2D eigenvalue weighted by atomic mass is 10.1. The Morgan fingerprint density at radius 3 is 1.24 bits per heavy atom. The fraction of sp³-hybridized carbons (Fsp3) is 1.00. The molecule has 1 unspecified atom stereocenters. The second kappa shape index (κ2) is 30.7. The third-order valence-electron chi connectivity index (χ3n) is 4.92. The maximum absolute atomic E-state index is 9.93. The predicted molar refractivity (Wildman–Crippen MR) is 131 cm³/mol. The molecule has 0 saturated heterocycles. The summed E-state index contributed by atoms with van der Waals surface area (Å²) < 4.78 is 37.6. The zero-order chi connectivity index (χ0) is 24.8. The molecule has 206 valence electrons. The molecule has 0 aromatic rings. The SMILES string of the molecule is CCCCCCCCCC(O)COCCOCCOCCOCCOCCOCCOCCO. The molecule has 0 aromatic heterocycles. The lowest BCUT2D eigenvalue weighted by molar-refractivity contribution is -0.0266. The summed E-state index contributed by atoms with van der Waals surface area (Å²) in [6.45, 7) is 9.05. The van der Waals surface area contributed by atoms with E-state index < -0.39 is 0 Å². The first-order valence-corrected chi connectivity index (χ1v) is 13.1. The number of unbranched alkanes of at least 4 members (excludes halogenated alkanes) is 6. The molecule has 0 amide bonds. The van der Waals surface area contributed by atoms with Gasteiger partial charge >= 0.3 is 0 Å². The molecule has 1 atom stereocenters. The molecular weight excluding hydrogens is 444 g/mol. The van der Waals surface area contributed by atoms with Gasteiger partial charge in [0.15, 0.2) is 0 Å². The van der Waals surface area contributed by atoms with Crippen molar-refractivity contribution in [2.75, 3.05) is 99.1 Å². The fourth-order valence-electron chi connectivity index (χ4n) is 3.02. The van der Waals surface area contributed by atoms with Crippen molar-refractivity contribution in [3.8, 4) is 0 Å². The molecular formula is C25H52O9. The van der Waals surface area contributed by atoms with Gasteiger partial charge in [-0.05, 0) is 6.42 Å². The van der Waals surface area contributed by atoms with Crippen LogP contribution in [0.2, 0.25) is 0 Å². The van der Waals surface area contributed by atoms with Crippen LogP contribution in [0, 0.1) is 0 Å². The molecule has 0 saturated carbocycles. The maximum atomic E-state index is 9.93. The third kappa shape index (κ3) is 29.7. The number of hydrogen-bond donors (Lipinski definition) is 2. The first-order valence-electron chi connectivity index (χ1n) is 13.1. The van der Waals surface area contributed by atoms with E-state index in [0.29, 0.717) is 92.5 Å². The molecule has 0 aliphatic rings. The molecule has 0 fully saturated rings. The highest BCUT2D eigenvalue weighted by molar-refractivity contribution is 4.55. The molecule has 0 aliphatic carbocycles. The van der Waals surface area contributed by atoms with Crippen molar-refractivity contribution in [1.29, 1.82) is 0 Å². The van der Waals surface area contributed by atoms with Crippen LogP contribution in [0.15, 0.2) is 0 Å². The van der Waals surface area contributed by atoms with E-state index in [0.717, 1.165) is 12.8 Å². The van der Waals surface area contributed by atoms with Crippen molar-refractivity contribution in [2.24, 2.45) is 0 Å². The van der Waals surface area contributed by atoms with E-state index in [1.54, 1.807) is 0 Å². The molecule has 9 heteroatoms. The first-order chi connectivity index (χ1) is 16.8. The van der Waals surface area contributed by atoms with Gasteiger partial charge in [-0.3, -0.25) is 0 Å². The Hall–Kier alpha value is -0.360. The second-order valence-corrected chi connectivity index (χ2v) is 8.04. The van der Waals surface area contributed by atoms with Crippen molar-refractivity contribution in [3.63, 3.8) is 0 Å². The first kappa shape index (κ1) is 33.6. The van der Waals surface area contributed by atoms with Crippen molar-refractivity contribution >= 4 is 0 Å². The number of aliphatic hydroxyl groups excluding tert-OH is 2. The topological polar surface area (TPSA) is 105 Å². The summed E-state index contributed by atoms with van der Waals surface area (Å²) in [5, 5.41) is 18.5. The minimum absolute atomic E-state index is 0.0311. The monoisotopic (exact) mass is 496 g/mol. The van der Waals surface area contributed by atoms with Gasteiger partial charge in [-0.15, -0.1) is 0 Å². The number of ether oxygens (including phenoxy) is 7. The van der Waals surface area contributed by atoms with Crippen LogP contribution in [-0.2, 0) is 33.2 Å². The Bertz CT molecular complexity index is 361. The van der Waals surface area contributed by atoms with Crippen LogP contribution in [0.4, 0.5) is 0 Å².